The van der Waals surface area contributed by atoms with Gasteiger partial charge in [0.2, 0.25) is 0 Å². The van der Waals surface area contributed by atoms with Crippen molar-refractivity contribution in [3.63, 3.8) is 0 Å². The molecule has 0 saturated carbocycles. The monoisotopic (exact) mass is 321 g/mol. The Labute approximate surface area is 122 Å². The summed E-state index contributed by atoms with van der Waals surface area (Å²) >= 11 is 1.60. The van der Waals surface area contributed by atoms with E-state index in [1.165, 1.54) is 0 Å². The number of Topliss-reactive ketones (excluding diaryl/α,β-unsaturated/α-hetero) is 1. The first-order valence-electron chi connectivity index (χ1n) is 5.22. The molecule has 0 bridgehead atoms. The van der Waals surface area contributed by atoms with Crippen molar-refractivity contribution in [1.82, 2.24) is 9.97 Å². The molecule has 0 aliphatic heterocycles. The summed E-state index contributed by atoms with van der Waals surface area (Å²) in [7, 11) is 0. The van der Waals surface area contributed by atoms with Crippen LogP contribution in [0.25, 0.3) is 0 Å². The molecule has 1 radical (unpaired) electrons. The van der Waals surface area contributed by atoms with Crippen molar-refractivity contribution in [1.29, 1.82) is 0 Å². The second-order valence-electron chi connectivity index (χ2n) is 2.81. The van der Waals surface area contributed by atoms with E-state index < -0.39 is 0 Å². The zero-order chi connectivity index (χ0) is 12.1. The van der Waals surface area contributed by atoms with E-state index in [0.717, 1.165) is 0 Å². The first-order valence-corrected chi connectivity index (χ1v) is 6.17. The van der Waals surface area contributed by atoms with Gasteiger partial charge in [-0.25, -0.2) is 0 Å². The number of aromatic amines is 1. The Morgan fingerprint density at radius 3 is 1.89 bits per heavy atom. The molecule has 0 spiro atoms. The van der Waals surface area contributed by atoms with Crippen molar-refractivity contribution in [3.8, 4) is 0 Å². The second kappa shape index (κ2) is 18.4. The number of aromatic nitrogens is 2. The molecule has 0 unspecified atom stereocenters. The fourth-order valence-corrected chi connectivity index (χ4v) is 1.05. The second-order valence-corrected chi connectivity index (χ2v) is 3.56. The summed E-state index contributed by atoms with van der Waals surface area (Å²) in [5.41, 5.74) is 1.79. The molecule has 2 heterocycles. The van der Waals surface area contributed by atoms with Crippen LogP contribution in [0.5, 0.6) is 0 Å². The Hall–Kier alpha value is -0.971. The van der Waals surface area contributed by atoms with E-state index in [2.05, 4.69) is 9.97 Å². The first-order chi connectivity index (χ1) is 7.81. The van der Waals surface area contributed by atoms with Crippen LogP contribution in [0.3, 0.4) is 0 Å². The maximum Gasteiger partial charge on any atom is 0.132 e. The van der Waals surface area contributed by atoms with Crippen molar-refractivity contribution in [2.24, 2.45) is 0 Å². The summed E-state index contributed by atoms with van der Waals surface area (Å²) in [6.07, 6.45) is 6.90. The van der Waals surface area contributed by atoms with E-state index in [1.54, 1.807) is 23.0 Å². The number of thiazole rings is 1. The Kier molecular flexibility index (Phi) is 22.7. The number of hydrogen-bond acceptors (Lipinski definition) is 3. The van der Waals surface area contributed by atoms with Gasteiger partial charge in [0.25, 0.3) is 0 Å². The van der Waals surface area contributed by atoms with Crippen LogP contribution in [0.1, 0.15) is 26.7 Å². The Balaban J connectivity index is -0.000000178. The average molecular weight is 322 g/mol. The van der Waals surface area contributed by atoms with E-state index in [0.29, 0.717) is 18.6 Å². The molecule has 0 atom stereocenters. The molecule has 2 aromatic rings. The van der Waals surface area contributed by atoms with Gasteiger partial charge in [0.15, 0.2) is 0 Å². The smallest absolute Gasteiger partial charge is 0.132 e. The molecule has 0 amide bonds. The van der Waals surface area contributed by atoms with Gasteiger partial charge in [0, 0.05) is 53.9 Å². The molecule has 0 aliphatic carbocycles. The number of carbonyl (C=O) groups is 1. The molecular weight excluding hydrogens is 303 g/mol. The van der Waals surface area contributed by atoms with Gasteiger partial charge >= 0.3 is 0 Å². The fraction of sp³-hybridized carbons (Fsp3) is 0.333. The third kappa shape index (κ3) is 17.4. The number of carbonyl (C=O) groups excluding carboxylic acids is 1. The zero-order valence-corrected chi connectivity index (χ0v) is 12.2. The van der Waals surface area contributed by atoms with Crippen LogP contribution in [0.15, 0.2) is 41.6 Å². The van der Waals surface area contributed by atoms with Gasteiger partial charge in [-0.05, 0) is 12.1 Å². The summed E-state index contributed by atoms with van der Waals surface area (Å²) in [5.74, 6) is 0.343. The van der Waals surface area contributed by atoms with Gasteiger partial charge in [0.1, 0.15) is 5.78 Å². The Morgan fingerprint density at radius 1 is 1.22 bits per heavy atom. The predicted molar refractivity (Wildman–Crippen MR) is 71.0 cm³/mol. The van der Waals surface area contributed by atoms with Crippen LogP contribution in [0.2, 0.25) is 0 Å². The summed E-state index contributed by atoms with van der Waals surface area (Å²) in [5, 5.41) is 1.93. The van der Waals surface area contributed by atoms with Crippen LogP contribution in [-0.4, -0.2) is 15.8 Å². The first kappa shape index (κ1) is 22.2. The minimum Gasteiger partial charge on any atom is -0.368 e. The molecule has 2 rings (SSSR count). The van der Waals surface area contributed by atoms with E-state index in [-0.39, 0.29) is 21.8 Å². The molecule has 0 aromatic carbocycles. The maximum absolute atomic E-state index is 10.2. The summed E-state index contributed by atoms with van der Waals surface area (Å²) in [6, 6.07) is 3.89. The van der Waals surface area contributed by atoms with Gasteiger partial charge in [-0.3, -0.25) is 14.5 Å². The van der Waals surface area contributed by atoms with Crippen molar-refractivity contribution in [2.75, 3.05) is 0 Å². The fourth-order valence-electron chi connectivity index (χ4n) is 0.703. The summed E-state index contributed by atoms with van der Waals surface area (Å²) < 4.78 is 0. The number of nitrogens with one attached hydrogen (secondary N) is 1. The van der Waals surface area contributed by atoms with Gasteiger partial charge < -0.3 is 4.98 Å². The summed E-state index contributed by atoms with van der Waals surface area (Å²) in [4.78, 5) is 16.8. The molecule has 6 heteroatoms. The number of H-pyrrole nitrogens is 1. The van der Waals surface area contributed by atoms with Crippen LogP contribution in [0, 0.1) is 0 Å². The third-order valence-electron chi connectivity index (χ3n) is 1.63. The number of hydrogen-bond donors (Lipinski definition) is 1. The topological polar surface area (TPSA) is 45.8 Å². The van der Waals surface area contributed by atoms with Crippen LogP contribution >= 0.6 is 11.3 Å². The standard InChI is InChI=1S/C5H10O.C4H5N.C3H3NS.Cu.FH/c1-3-5(6)4-2;1-2-4-5-3-1;1-2-5-3-4-1;;/h3-4H2,1-2H3;1-5H;1-3H;;1H. The van der Waals surface area contributed by atoms with Crippen LogP contribution < -0.4 is 0 Å². The third-order valence-corrected chi connectivity index (χ3v) is 2.15. The van der Waals surface area contributed by atoms with E-state index >= 15 is 0 Å². The van der Waals surface area contributed by atoms with Crippen molar-refractivity contribution < 1.29 is 26.6 Å². The molecule has 3 nitrogen and oxygen atoms in total. The van der Waals surface area contributed by atoms with Crippen molar-refractivity contribution >= 4 is 17.1 Å². The minimum absolute atomic E-state index is 0. The quantitative estimate of drug-likeness (QED) is 0.857. The Bertz CT molecular complexity index is 261. The summed E-state index contributed by atoms with van der Waals surface area (Å²) in [6.45, 7) is 3.76. The molecule has 2 aromatic heterocycles. The van der Waals surface area contributed by atoms with E-state index in [4.69, 9.17) is 0 Å². The van der Waals surface area contributed by atoms with Crippen molar-refractivity contribution in [3.05, 3.63) is 41.6 Å². The number of ketones is 1. The number of halogens is 1. The zero-order valence-electron chi connectivity index (χ0n) is 10.4. The maximum atomic E-state index is 10.2. The normalized spacial score (nSPS) is 7.22. The van der Waals surface area contributed by atoms with E-state index in [1.807, 2.05) is 43.8 Å². The van der Waals surface area contributed by atoms with Crippen LogP contribution in [-0.2, 0) is 21.9 Å². The van der Waals surface area contributed by atoms with Gasteiger partial charge in [-0.2, -0.15) is 0 Å². The average Bonchev–Trinajstić information content (AvgIpc) is 3.03. The minimum atomic E-state index is 0. The SMILES string of the molecule is CCC(=O)CC.F.[Cu].c1cc[nH]c1.c1cscn1. The molecule has 0 saturated heterocycles. The molecule has 0 aliphatic rings. The molecule has 0 fully saturated rings. The van der Waals surface area contributed by atoms with Gasteiger partial charge in [-0.15, -0.1) is 11.3 Å². The molecule has 1 N–H and O–H groups in total. The largest absolute Gasteiger partial charge is 0.368 e. The molecule has 18 heavy (non-hydrogen) atoms. The number of nitrogens with zero attached hydrogens (tertiary/aromatic N) is 1. The van der Waals surface area contributed by atoms with Crippen molar-refractivity contribution in [2.45, 2.75) is 26.7 Å². The van der Waals surface area contributed by atoms with E-state index in [9.17, 15) is 4.79 Å². The van der Waals surface area contributed by atoms with Crippen LogP contribution in [0.4, 0.5) is 4.70 Å². The van der Waals surface area contributed by atoms with Gasteiger partial charge in [0.05, 0.1) is 5.51 Å². The molecule has 107 valence electrons. The predicted octanol–water partition coefficient (Wildman–Crippen LogP) is 3.68. The van der Waals surface area contributed by atoms with Gasteiger partial charge in [-0.1, -0.05) is 13.8 Å². The Morgan fingerprint density at radius 2 is 1.78 bits per heavy atom. The number of rotatable bonds is 2. The molecular formula is C12H19CuFN2OS.